The van der Waals surface area contributed by atoms with Crippen molar-refractivity contribution in [3.05, 3.63) is 65.2 Å². The average Bonchev–Trinajstić information content (AvgIpc) is 3.06. The minimum atomic E-state index is -0.512. The average molecular weight is 437 g/mol. The first-order chi connectivity index (χ1) is 15.5. The van der Waals surface area contributed by atoms with Crippen molar-refractivity contribution in [3.63, 3.8) is 0 Å². The van der Waals surface area contributed by atoms with Crippen LogP contribution in [-0.2, 0) is 4.79 Å². The molecule has 0 spiro atoms. The van der Waals surface area contributed by atoms with Crippen LogP contribution in [0, 0.1) is 0 Å². The van der Waals surface area contributed by atoms with Gasteiger partial charge in [0.1, 0.15) is 5.75 Å². The molecular formula is C24H27N3O5. The summed E-state index contributed by atoms with van der Waals surface area (Å²) in [6, 6.07) is 13.2. The number of carbonyl (C=O) groups is 4. The highest BCUT2D eigenvalue weighted by Gasteiger charge is 2.34. The third-order valence-electron chi connectivity index (χ3n) is 5.14. The number of ether oxygens (including phenoxy) is 1. The van der Waals surface area contributed by atoms with Gasteiger partial charge in [0.15, 0.2) is 0 Å². The molecule has 2 aromatic carbocycles. The van der Waals surface area contributed by atoms with Crippen LogP contribution in [0.2, 0.25) is 0 Å². The zero-order chi connectivity index (χ0) is 22.9. The lowest BCUT2D eigenvalue weighted by Crippen LogP contribution is -2.43. The molecule has 0 atom stereocenters. The zero-order valence-corrected chi connectivity index (χ0v) is 18.1. The van der Waals surface area contributed by atoms with Crippen molar-refractivity contribution >= 4 is 23.6 Å². The van der Waals surface area contributed by atoms with Gasteiger partial charge in [0.2, 0.25) is 5.91 Å². The summed E-state index contributed by atoms with van der Waals surface area (Å²) < 4.78 is 5.65. The number of amides is 4. The van der Waals surface area contributed by atoms with Crippen LogP contribution in [0.5, 0.6) is 5.75 Å². The van der Waals surface area contributed by atoms with Crippen molar-refractivity contribution in [2.75, 3.05) is 13.2 Å². The summed E-state index contributed by atoms with van der Waals surface area (Å²) in [6.45, 7) is 2.72. The Morgan fingerprint density at radius 1 is 0.875 bits per heavy atom. The molecule has 168 valence electrons. The first-order valence-electron chi connectivity index (χ1n) is 10.8. The molecular weight excluding hydrogens is 410 g/mol. The molecule has 32 heavy (non-hydrogen) atoms. The molecule has 1 aliphatic heterocycles. The van der Waals surface area contributed by atoms with E-state index in [4.69, 9.17) is 4.74 Å². The molecule has 0 aromatic heterocycles. The zero-order valence-electron chi connectivity index (χ0n) is 18.1. The standard InChI is InChI=1S/C24H27N3O5/c1-2-3-4-7-16-32-18-12-10-17(11-13-18)22(29)26-25-21(28)14-15-27-23(30)19-8-5-6-9-20(19)24(27)31/h5-6,8-13H,2-4,7,14-16H2,1H3,(H,25,28)(H,26,29). The topological polar surface area (TPSA) is 105 Å². The Morgan fingerprint density at radius 2 is 1.53 bits per heavy atom. The molecule has 0 unspecified atom stereocenters. The van der Waals surface area contributed by atoms with Gasteiger partial charge in [0.05, 0.1) is 17.7 Å². The van der Waals surface area contributed by atoms with Crippen LogP contribution in [0.3, 0.4) is 0 Å². The van der Waals surface area contributed by atoms with E-state index in [1.807, 2.05) is 0 Å². The monoisotopic (exact) mass is 437 g/mol. The van der Waals surface area contributed by atoms with Gasteiger partial charge in [0, 0.05) is 18.5 Å². The van der Waals surface area contributed by atoms with Crippen LogP contribution in [0.25, 0.3) is 0 Å². The molecule has 2 aromatic rings. The number of carbonyl (C=O) groups excluding carboxylic acids is 4. The number of hydrogen-bond acceptors (Lipinski definition) is 5. The second-order valence-corrected chi connectivity index (χ2v) is 7.49. The summed E-state index contributed by atoms with van der Waals surface area (Å²) in [4.78, 5) is 49.9. The van der Waals surface area contributed by atoms with Crippen LogP contribution in [0.1, 0.15) is 70.1 Å². The fraction of sp³-hybridized carbons (Fsp3) is 0.333. The van der Waals surface area contributed by atoms with E-state index in [9.17, 15) is 19.2 Å². The molecule has 0 bridgehead atoms. The SMILES string of the molecule is CCCCCCOc1ccc(C(=O)NNC(=O)CCN2C(=O)c3ccccc3C2=O)cc1. The summed E-state index contributed by atoms with van der Waals surface area (Å²) in [5, 5.41) is 0. The van der Waals surface area contributed by atoms with E-state index in [2.05, 4.69) is 17.8 Å². The van der Waals surface area contributed by atoms with Crippen molar-refractivity contribution in [2.24, 2.45) is 0 Å². The summed E-state index contributed by atoms with van der Waals surface area (Å²) in [6.07, 6.45) is 4.35. The second kappa shape index (κ2) is 11.1. The third-order valence-corrected chi connectivity index (χ3v) is 5.14. The summed E-state index contributed by atoms with van der Waals surface area (Å²) >= 11 is 0. The number of hydrazine groups is 1. The van der Waals surface area contributed by atoms with Crippen molar-refractivity contribution in [3.8, 4) is 5.75 Å². The fourth-order valence-electron chi connectivity index (χ4n) is 3.34. The maximum Gasteiger partial charge on any atom is 0.269 e. The van der Waals surface area contributed by atoms with Crippen LogP contribution in [0.4, 0.5) is 0 Å². The van der Waals surface area contributed by atoms with Gasteiger partial charge in [-0.2, -0.15) is 0 Å². The van der Waals surface area contributed by atoms with Gasteiger partial charge >= 0.3 is 0 Å². The van der Waals surface area contributed by atoms with Crippen LogP contribution >= 0.6 is 0 Å². The number of rotatable bonds is 10. The first kappa shape index (κ1) is 23.0. The number of unbranched alkanes of at least 4 members (excludes halogenated alkanes) is 3. The van der Waals surface area contributed by atoms with Gasteiger partial charge < -0.3 is 4.74 Å². The van der Waals surface area contributed by atoms with Crippen LogP contribution in [-0.4, -0.2) is 41.7 Å². The molecule has 1 heterocycles. The minimum Gasteiger partial charge on any atom is -0.494 e. The Hall–Kier alpha value is -3.68. The molecule has 0 aliphatic carbocycles. The summed E-state index contributed by atoms with van der Waals surface area (Å²) in [5.41, 5.74) is 5.67. The number of fused-ring (bicyclic) bond motifs is 1. The Morgan fingerprint density at radius 3 is 2.16 bits per heavy atom. The Kier molecular flexibility index (Phi) is 7.96. The number of hydrogen-bond donors (Lipinski definition) is 2. The van der Waals surface area contributed by atoms with E-state index in [-0.39, 0.29) is 13.0 Å². The molecule has 1 aliphatic rings. The van der Waals surface area contributed by atoms with Crippen LogP contribution in [0.15, 0.2) is 48.5 Å². The largest absolute Gasteiger partial charge is 0.494 e. The molecule has 3 rings (SSSR count). The third kappa shape index (κ3) is 5.72. The maximum atomic E-state index is 12.3. The Labute approximate surface area is 186 Å². The number of imide groups is 1. The quantitative estimate of drug-likeness (QED) is 0.338. The predicted molar refractivity (Wildman–Crippen MR) is 118 cm³/mol. The summed E-state index contributed by atoms with van der Waals surface area (Å²) in [7, 11) is 0. The lowest BCUT2D eigenvalue weighted by atomic mass is 10.1. The lowest BCUT2D eigenvalue weighted by molar-refractivity contribution is -0.121. The Balaban J connectivity index is 1.40. The predicted octanol–water partition coefficient (Wildman–Crippen LogP) is 3.09. The van der Waals surface area contributed by atoms with Gasteiger partial charge in [-0.25, -0.2) is 0 Å². The molecule has 0 fully saturated rings. The van der Waals surface area contributed by atoms with Crippen molar-refractivity contribution in [1.29, 1.82) is 0 Å². The second-order valence-electron chi connectivity index (χ2n) is 7.49. The normalized spacial score (nSPS) is 12.5. The maximum absolute atomic E-state index is 12.3. The fourth-order valence-corrected chi connectivity index (χ4v) is 3.34. The molecule has 2 N–H and O–H groups in total. The van der Waals surface area contributed by atoms with Crippen molar-refractivity contribution < 1.29 is 23.9 Å². The van der Waals surface area contributed by atoms with E-state index < -0.39 is 23.6 Å². The Bertz CT molecular complexity index is 952. The molecule has 0 saturated heterocycles. The van der Waals surface area contributed by atoms with Gasteiger partial charge in [-0.1, -0.05) is 38.3 Å². The molecule has 0 radical (unpaired) electrons. The molecule has 8 nitrogen and oxygen atoms in total. The van der Waals surface area contributed by atoms with E-state index in [0.717, 1.165) is 17.7 Å². The highest BCUT2D eigenvalue weighted by molar-refractivity contribution is 6.21. The highest BCUT2D eigenvalue weighted by Crippen LogP contribution is 2.22. The molecule has 4 amide bonds. The molecule has 8 heteroatoms. The number of nitrogens with zero attached hydrogens (tertiary/aromatic N) is 1. The van der Waals surface area contributed by atoms with E-state index >= 15 is 0 Å². The van der Waals surface area contributed by atoms with Gasteiger partial charge in [-0.15, -0.1) is 0 Å². The van der Waals surface area contributed by atoms with E-state index in [1.165, 1.54) is 12.8 Å². The first-order valence-corrected chi connectivity index (χ1v) is 10.8. The van der Waals surface area contributed by atoms with Gasteiger partial charge in [-0.3, -0.25) is 34.9 Å². The van der Waals surface area contributed by atoms with Gasteiger partial charge in [0.25, 0.3) is 17.7 Å². The van der Waals surface area contributed by atoms with E-state index in [0.29, 0.717) is 29.0 Å². The van der Waals surface area contributed by atoms with Crippen LogP contribution < -0.4 is 15.6 Å². The minimum absolute atomic E-state index is 0.0711. The van der Waals surface area contributed by atoms with Crippen molar-refractivity contribution in [2.45, 2.75) is 39.0 Å². The molecule has 0 saturated carbocycles. The highest BCUT2D eigenvalue weighted by atomic mass is 16.5. The van der Waals surface area contributed by atoms with Gasteiger partial charge in [-0.05, 0) is 42.8 Å². The number of benzene rings is 2. The smallest absolute Gasteiger partial charge is 0.269 e. The van der Waals surface area contributed by atoms with Crippen molar-refractivity contribution in [1.82, 2.24) is 15.8 Å². The van der Waals surface area contributed by atoms with E-state index in [1.54, 1.807) is 48.5 Å². The summed E-state index contributed by atoms with van der Waals surface area (Å²) in [5.74, 6) is -1.15. The number of nitrogens with one attached hydrogen (secondary N) is 2. The lowest BCUT2D eigenvalue weighted by Gasteiger charge is -2.14.